The summed E-state index contributed by atoms with van der Waals surface area (Å²) in [6.45, 7) is 5.34. The molecule has 0 saturated heterocycles. The average molecular weight is 150 g/mol. The predicted octanol–water partition coefficient (Wildman–Crippen LogP) is 3.47. The van der Waals surface area contributed by atoms with E-state index in [0.29, 0.717) is 0 Å². The molecule has 1 unspecified atom stereocenters. The molecule has 0 heterocycles. The zero-order valence-electron chi connectivity index (χ0n) is 6.95. The van der Waals surface area contributed by atoms with E-state index in [1.165, 1.54) is 6.92 Å². The molecule has 1 atom stereocenters. The highest BCUT2D eigenvalue weighted by Gasteiger charge is 2.27. The van der Waals surface area contributed by atoms with Crippen molar-refractivity contribution < 1.29 is 8.78 Å². The molecular formula is C8H16F2. The van der Waals surface area contributed by atoms with E-state index in [2.05, 4.69) is 0 Å². The maximum Gasteiger partial charge on any atom is 0.248 e. The third kappa shape index (κ3) is 3.80. The van der Waals surface area contributed by atoms with E-state index < -0.39 is 5.92 Å². The van der Waals surface area contributed by atoms with Gasteiger partial charge in [-0.25, -0.2) is 8.78 Å². The smallest absolute Gasteiger partial charge is 0.207 e. The molecule has 0 aromatic heterocycles. The Morgan fingerprint density at radius 1 is 1.30 bits per heavy atom. The van der Waals surface area contributed by atoms with Crippen LogP contribution in [0.25, 0.3) is 0 Å². The van der Waals surface area contributed by atoms with Crippen molar-refractivity contribution in [1.29, 1.82) is 0 Å². The Kier molecular flexibility index (Phi) is 3.84. The fourth-order valence-electron chi connectivity index (χ4n) is 0.798. The van der Waals surface area contributed by atoms with Crippen LogP contribution in [0.5, 0.6) is 0 Å². The van der Waals surface area contributed by atoms with Crippen LogP contribution in [0.1, 0.15) is 40.0 Å². The SMILES string of the molecule is CCC(C)CC(F)(F)CC. The van der Waals surface area contributed by atoms with Crippen LogP contribution in [0.2, 0.25) is 0 Å². The van der Waals surface area contributed by atoms with Crippen molar-refractivity contribution in [3.8, 4) is 0 Å². The van der Waals surface area contributed by atoms with Crippen LogP contribution in [-0.4, -0.2) is 5.92 Å². The Morgan fingerprint density at radius 3 is 2.10 bits per heavy atom. The topological polar surface area (TPSA) is 0 Å². The number of halogens is 2. The lowest BCUT2D eigenvalue weighted by Gasteiger charge is -2.17. The summed E-state index contributed by atoms with van der Waals surface area (Å²) in [7, 11) is 0. The number of hydrogen-bond donors (Lipinski definition) is 0. The summed E-state index contributed by atoms with van der Waals surface area (Å²) >= 11 is 0. The summed E-state index contributed by atoms with van der Waals surface area (Å²) in [6.07, 6.45) is 0.854. The first-order valence-corrected chi connectivity index (χ1v) is 3.89. The third-order valence-electron chi connectivity index (χ3n) is 1.86. The van der Waals surface area contributed by atoms with Gasteiger partial charge in [-0.05, 0) is 5.92 Å². The largest absolute Gasteiger partial charge is 0.248 e. The monoisotopic (exact) mass is 150 g/mol. The summed E-state index contributed by atoms with van der Waals surface area (Å²) in [5, 5.41) is 0. The van der Waals surface area contributed by atoms with E-state index in [9.17, 15) is 8.78 Å². The summed E-state index contributed by atoms with van der Waals surface area (Å²) in [4.78, 5) is 0. The molecule has 0 aliphatic heterocycles. The van der Waals surface area contributed by atoms with Crippen LogP contribution in [0, 0.1) is 5.92 Å². The van der Waals surface area contributed by atoms with Crippen molar-refractivity contribution in [3.05, 3.63) is 0 Å². The molecule has 2 heteroatoms. The summed E-state index contributed by atoms with van der Waals surface area (Å²) in [5.41, 5.74) is 0. The number of rotatable bonds is 4. The number of alkyl halides is 2. The van der Waals surface area contributed by atoms with Crippen molar-refractivity contribution in [2.45, 2.75) is 46.0 Å². The quantitative estimate of drug-likeness (QED) is 0.575. The van der Waals surface area contributed by atoms with Crippen molar-refractivity contribution in [2.24, 2.45) is 5.92 Å². The molecule has 0 spiro atoms. The van der Waals surface area contributed by atoms with Crippen LogP contribution < -0.4 is 0 Å². The molecule has 0 rings (SSSR count). The van der Waals surface area contributed by atoms with Crippen molar-refractivity contribution in [1.82, 2.24) is 0 Å². The zero-order chi connectivity index (χ0) is 8.20. The average Bonchev–Trinajstić information content (AvgIpc) is 1.87. The van der Waals surface area contributed by atoms with Crippen molar-refractivity contribution >= 4 is 0 Å². The first kappa shape index (κ1) is 9.86. The minimum absolute atomic E-state index is 0.0304. The van der Waals surface area contributed by atoms with Gasteiger partial charge in [0, 0.05) is 12.8 Å². The van der Waals surface area contributed by atoms with Gasteiger partial charge in [-0.3, -0.25) is 0 Å². The van der Waals surface area contributed by atoms with Crippen LogP contribution in [0.4, 0.5) is 8.78 Å². The van der Waals surface area contributed by atoms with Gasteiger partial charge in [0.1, 0.15) is 0 Å². The lowest BCUT2D eigenvalue weighted by Crippen LogP contribution is -2.17. The van der Waals surface area contributed by atoms with E-state index >= 15 is 0 Å². The number of hydrogen-bond acceptors (Lipinski definition) is 0. The molecule has 0 radical (unpaired) electrons. The van der Waals surface area contributed by atoms with Crippen LogP contribution in [0.3, 0.4) is 0 Å². The first-order valence-electron chi connectivity index (χ1n) is 3.89. The van der Waals surface area contributed by atoms with Gasteiger partial charge in [0.15, 0.2) is 0 Å². The molecule has 0 aromatic carbocycles. The van der Waals surface area contributed by atoms with Gasteiger partial charge in [0.2, 0.25) is 5.92 Å². The van der Waals surface area contributed by atoms with E-state index in [1.807, 2.05) is 13.8 Å². The summed E-state index contributed by atoms with van der Waals surface area (Å²) in [6, 6.07) is 0. The molecule has 0 aliphatic rings. The minimum atomic E-state index is -2.44. The lowest BCUT2D eigenvalue weighted by molar-refractivity contribution is -0.0248. The Morgan fingerprint density at radius 2 is 1.80 bits per heavy atom. The van der Waals surface area contributed by atoms with Gasteiger partial charge in [-0.1, -0.05) is 27.2 Å². The first-order chi connectivity index (χ1) is 4.52. The van der Waals surface area contributed by atoms with Gasteiger partial charge in [0.25, 0.3) is 0 Å². The highest BCUT2D eigenvalue weighted by Crippen LogP contribution is 2.27. The maximum absolute atomic E-state index is 12.6. The summed E-state index contributed by atoms with van der Waals surface area (Å²) < 4.78 is 25.2. The fourth-order valence-corrected chi connectivity index (χ4v) is 0.798. The Labute approximate surface area is 61.6 Å². The second-order valence-electron chi connectivity index (χ2n) is 2.93. The second kappa shape index (κ2) is 3.89. The third-order valence-corrected chi connectivity index (χ3v) is 1.86. The van der Waals surface area contributed by atoms with Crippen molar-refractivity contribution in [3.63, 3.8) is 0 Å². The van der Waals surface area contributed by atoms with E-state index in [4.69, 9.17) is 0 Å². The van der Waals surface area contributed by atoms with E-state index in [1.54, 1.807) is 0 Å². The highest BCUT2D eigenvalue weighted by atomic mass is 19.3. The standard InChI is InChI=1S/C8H16F2/c1-4-7(3)6-8(9,10)5-2/h7H,4-6H2,1-3H3. The van der Waals surface area contributed by atoms with Gasteiger partial charge >= 0.3 is 0 Å². The molecule has 0 saturated carbocycles. The van der Waals surface area contributed by atoms with Gasteiger partial charge in [-0.15, -0.1) is 0 Å². The van der Waals surface area contributed by atoms with Gasteiger partial charge in [0.05, 0.1) is 0 Å². The molecule has 0 aromatic rings. The van der Waals surface area contributed by atoms with Gasteiger partial charge in [-0.2, -0.15) is 0 Å². The minimum Gasteiger partial charge on any atom is -0.207 e. The maximum atomic E-state index is 12.6. The summed E-state index contributed by atoms with van der Waals surface area (Å²) in [5.74, 6) is -2.29. The van der Waals surface area contributed by atoms with Gasteiger partial charge < -0.3 is 0 Å². The second-order valence-corrected chi connectivity index (χ2v) is 2.93. The van der Waals surface area contributed by atoms with Crippen molar-refractivity contribution in [2.75, 3.05) is 0 Å². The molecule has 0 fully saturated rings. The Balaban J connectivity index is 3.64. The molecular weight excluding hydrogens is 134 g/mol. The normalized spacial score (nSPS) is 15.3. The Hall–Kier alpha value is -0.140. The van der Waals surface area contributed by atoms with Crippen LogP contribution >= 0.6 is 0 Å². The fraction of sp³-hybridized carbons (Fsp3) is 1.00. The molecule has 0 aliphatic carbocycles. The molecule has 0 bridgehead atoms. The molecule has 0 amide bonds. The molecule has 0 nitrogen and oxygen atoms in total. The van der Waals surface area contributed by atoms with Crippen LogP contribution in [0.15, 0.2) is 0 Å². The molecule has 62 valence electrons. The Bertz CT molecular complexity index is 89.3. The van der Waals surface area contributed by atoms with Crippen LogP contribution in [-0.2, 0) is 0 Å². The van der Waals surface area contributed by atoms with E-state index in [0.717, 1.165) is 6.42 Å². The predicted molar refractivity (Wildman–Crippen MR) is 39.3 cm³/mol. The van der Waals surface area contributed by atoms with E-state index in [-0.39, 0.29) is 18.8 Å². The lowest BCUT2D eigenvalue weighted by atomic mass is 9.99. The zero-order valence-corrected chi connectivity index (χ0v) is 6.95. The molecule has 10 heavy (non-hydrogen) atoms. The molecule has 0 N–H and O–H groups in total. The highest BCUT2D eigenvalue weighted by molar-refractivity contribution is 4.66.